The normalized spacial score (nSPS) is 20.9. The highest BCUT2D eigenvalue weighted by atomic mass is 79.9. The molecule has 1 aromatic rings. The zero-order valence-corrected chi connectivity index (χ0v) is 15.2. The van der Waals surface area contributed by atoms with E-state index in [1.807, 2.05) is 6.07 Å². The Bertz CT molecular complexity index is 421. The zero-order chi connectivity index (χ0) is 14.4. The predicted octanol–water partition coefficient (Wildman–Crippen LogP) is 5.30. The first kappa shape index (κ1) is 16.7. The molecule has 1 fully saturated rings. The molecule has 1 saturated heterocycles. The van der Waals surface area contributed by atoms with Crippen molar-refractivity contribution in [1.29, 1.82) is 0 Å². The highest BCUT2D eigenvalue weighted by molar-refractivity contribution is 9.10. The van der Waals surface area contributed by atoms with Crippen LogP contribution in [-0.4, -0.2) is 23.6 Å². The summed E-state index contributed by atoms with van der Waals surface area (Å²) in [6.07, 6.45) is 6.29. The maximum absolute atomic E-state index is 6.38. The van der Waals surface area contributed by atoms with Crippen molar-refractivity contribution in [2.75, 3.05) is 12.3 Å². The number of rotatable bonds is 6. The van der Waals surface area contributed by atoms with Gasteiger partial charge in [0.15, 0.2) is 0 Å². The van der Waals surface area contributed by atoms with Gasteiger partial charge in [-0.1, -0.05) is 46.9 Å². The van der Waals surface area contributed by atoms with Crippen molar-refractivity contribution < 1.29 is 0 Å². The van der Waals surface area contributed by atoms with E-state index in [0.29, 0.717) is 6.04 Å². The Morgan fingerprint density at radius 3 is 2.95 bits per heavy atom. The zero-order valence-electron chi connectivity index (χ0n) is 12.0. The highest BCUT2D eigenvalue weighted by Gasteiger charge is 2.24. The summed E-state index contributed by atoms with van der Waals surface area (Å²) >= 11 is 12.0. The van der Waals surface area contributed by atoms with Crippen LogP contribution in [0, 0.1) is 0 Å². The van der Waals surface area contributed by atoms with Crippen molar-refractivity contribution in [3.05, 3.63) is 33.3 Å². The molecule has 1 N–H and O–H groups in total. The van der Waals surface area contributed by atoms with Crippen LogP contribution in [-0.2, 0) is 6.42 Å². The summed E-state index contributed by atoms with van der Waals surface area (Å²) in [7, 11) is 0. The number of hydrogen-bond donors (Lipinski definition) is 1. The molecule has 0 aromatic heterocycles. The second kappa shape index (κ2) is 8.67. The van der Waals surface area contributed by atoms with Gasteiger partial charge in [0.2, 0.25) is 0 Å². The van der Waals surface area contributed by atoms with E-state index < -0.39 is 0 Å². The first-order valence-electron chi connectivity index (χ1n) is 7.49. The Morgan fingerprint density at radius 1 is 1.45 bits per heavy atom. The molecular weight excluding hydrogens is 354 g/mol. The average molecular weight is 377 g/mol. The number of thioether (sulfide) groups is 1. The van der Waals surface area contributed by atoms with Crippen molar-refractivity contribution >= 4 is 39.3 Å². The summed E-state index contributed by atoms with van der Waals surface area (Å²) in [5.41, 5.74) is 1.26. The quantitative estimate of drug-likeness (QED) is 0.723. The van der Waals surface area contributed by atoms with Gasteiger partial charge in [-0.2, -0.15) is 11.8 Å². The van der Waals surface area contributed by atoms with Crippen molar-refractivity contribution in [3.63, 3.8) is 0 Å². The molecule has 0 spiro atoms. The van der Waals surface area contributed by atoms with E-state index in [4.69, 9.17) is 11.6 Å². The lowest BCUT2D eigenvalue weighted by atomic mass is 9.99. The summed E-state index contributed by atoms with van der Waals surface area (Å²) < 4.78 is 1.05. The summed E-state index contributed by atoms with van der Waals surface area (Å²) in [4.78, 5) is 0. The fraction of sp³-hybridized carbons (Fsp3) is 0.625. The van der Waals surface area contributed by atoms with Gasteiger partial charge in [0.25, 0.3) is 0 Å². The summed E-state index contributed by atoms with van der Waals surface area (Å²) in [5.74, 6) is 1.31. The molecule has 1 heterocycles. The highest BCUT2D eigenvalue weighted by Crippen LogP contribution is 2.30. The molecule has 2 atom stereocenters. The molecule has 4 heteroatoms. The molecule has 1 aromatic carbocycles. The maximum Gasteiger partial charge on any atom is 0.0449 e. The van der Waals surface area contributed by atoms with Crippen LogP contribution in [0.15, 0.2) is 22.7 Å². The van der Waals surface area contributed by atoms with Gasteiger partial charge in [-0.25, -0.2) is 0 Å². The van der Waals surface area contributed by atoms with Gasteiger partial charge in [-0.3, -0.25) is 0 Å². The van der Waals surface area contributed by atoms with Crippen LogP contribution in [0.1, 0.15) is 38.2 Å². The monoisotopic (exact) mass is 375 g/mol. The van der Waals surface area contributed by atoms with Gasteiger partial charge in [0.1, 0.15) is 0 Å². The van der Waals surface area contributed by atoms with Gasteiger partial charge >= 0.3 is 0 Å². The Labute approximate surface area is 140 Å². The number of halogens is 2. The van der Waals surface area contributed by atoms with E-state index in [2.05, 4.69) is 52.1 Å². The summed E-state index contributed by atoms with van der Waals surface area (Å²) in [6, 6.07) is 6.79. The van der Waals surface area contributed by atoms with Crippen LogP contribution in [0.2, 0.25) is 5.02 Å². The second-order valence-electron chi connectivity index (χ2n) is 5.41. The Hall–Kier alpha value is 0.300. The van der Waals surface area contributed by atoms with Gasteiger partial charge < -0.3 is 5.32 Å². The molecule has 1 aliphatic rings. The fourth-order valence-corrected chi connectivity index (χ4v) is 4.85. The molecule has 0 amide bonds. The van der Waals surface area contributed by atoms with Crippen LogP contribution < -0.4 is 5.32 Å². The van der Waals surface area contributed by atoms with E-state index in [1.165, 1.54) is 37.0 Å². The molecule has 1 nitrogen and oxygen atoms in total. The smallest absolute Gasteiger partial charge is 0.0449 e. The lowest BCUT2D eigenvalue weighted by Crippen LogP contribution is -2.41. The number of hydrogen-bond acceptors (Lipinski definition) is 2. The van der Waals surface area contributed by atoms with Crippen LogP contribution in [0.25, 0.3) is 0 Å². The van der Waals surface area contributed by atoms with E-state index in [9.17, 15) is 0 Å². The molecular formula is C16H23BrClNS. The summed E-state index contributed by atoms with van der Waals surface area (Å²) in [6.45, 7) is 3.32. The molecule has 20 heavy (non-hydrogen) atoms. The Balaban J connectivity index is 2.05. The Morgan fingerprint density at radius 2 is 2.30 bits per heavy atom. The summed E-state index contributed by atoms with van der Waals surface area (Å²) in [5, 5.41) is 5.35. The largest absolute Gasteiger partial charge is 0.313 e. The first-order chi connectivity index (χ1) is 9.70. The third kappa shape index (κ3) is 4.94. The lowest BCUT2D eigenvalue weighted by molar-refractivity contribution is 0.461. The third-order valence-electron chi connectivity index (χ3n) is 3.78. The topological polar surface area (TPSA) is 12.0 Å². The standard InChI is InChI=1S/C16H23BrClNS/c1-2-8-19-15(16-5-3-4-9-20-16)10-12-6-7-13(17)11-14(12)18/h6-7,11,15-16,19H,2-5,8-10H2,1H3. The van der Waals surface area contributed by atoms with Crippen molar-refractivity contribution in [2.45, 2.75) is 50.3 Å². The molecule has 2 unspecified atom stereocenters. The average Bonchev–Trinajstić information content (AvgIpc) is 2.46. The second-order valence-corrected chi connectivity index (χ2v) is 8.08. The number of benzene rings is 1. The minimum Gasteiger partial charge on any atom is -0.313 e. The molecule has 0 radical (unpaired) electrons. The minimum atomic E-state index is 0.541. The van der Waals surface area contributed by atoms with Gasteiger partial charge in [-0.15, -0.1) is 0 Å². The van der Waals surface area contributed by atoms with Crippen LogP contribution in [0.3, 0.4) is 0 Å². The van der Waals surface area contributed by atoms with E-state index in [-0.39, 0.29) is 0 Å². The maximum atomic E-state index is 6.38. The van der Waals surface area contributed by atoms with Gasteiger partial charge in [-0.05, 0) is 55.7 Å². The molecule has 1 aliphatic heterocycles. The number of nitrogens with one attached hydrogen (secondary N) is 1. The van der Waals surface area contributed by atoms with E-state index in [1.54, 1.807) is 0 Å². The van der Waals surface area contributed by atoms with Crippen molar-refractivity contribution in [2.24, 2.45) is 0 Å². The molecule has 0 aliphatic carbocycles. The minimum absolute atomic E-state index is 0.541. The SMILES string of the molecule is CCCNC(Cc1ccc(Br)cc1Cl)C1CCCCS1. The van der Waals surface area contributed by atoms with Crippen LogP contribution in [0.4, 0.5) is 0 Å². The van der Waals surface area contributed by atoms with Crippen LogP contribution >= 0.6 is 39.3 Å². The molecule has 2 rings (SSSR count). The van der Waals surface area contributed by atoms with E-state index in [0.717, 1.165) is 27.7 Å². The predicted molar refractivity (Wildman–Crippen MR) is 95.0 cm³/mol. The fourth-order valence-electron chi connectivity index (χ4n) is 2.67. The van der Waals surface area contributed by atoms with Crippen LogP contribution in [0.5, 0.6) is 0 Å². The molecule has 0 saturated carbocycles. The molecule has 112 valence electrons. The first-order valence-corrected chi connectivity index (χ1v) is 9.71. The van der Waals surface area contributed by atoms with E-state index >= 15 is 0 Å². The lowest BCUT2D eigenvalue weighted by Gasteiger charge is -2.31. The molecule has 0 bridgehead atoms. The Kier molecular flexibility index (Phi) is 7.23. The van der Waals surface area contributed by atoms with Gasteiger partial charge in [0.05, 0.1) is 0 Å². The van der Waals surface area contributed by atoms with Crippen molar-refractivity contribution in [3.8, 4) is 0 Å². The third-order valence-corrected chi connectivity index (χ3v) is 6.14. The van der Waals surface area contributed by atoms with Gasteiger partial charge in [0, 0.05) is 20.8 Å². The van der Waals surface area contributed by atoms with Crippen molar-refractivity contribution in [1.82, 2.24) is 5.32 Å².